The highest BCUT2D eigenvalue weighted by Gasteiger charge is 2.08. The molecule has 172 valence electrons. The van der Waals surface area contributed by atoms with Crippen LogP contribution in [0.25, 0.3) is 0 Å². The molecule has 0 aliphatic carbocycles. The molecular formula is C26H56ClN. The molecule has 0 radical (unpaired) electrons. The van der Waals surface area contributed by atoms with E-state index in [2.05, 4.69) is 26.2 Å². The summed E-state index contributed by atoms with van der Waals surface area (Å²) in [6.45, 7) is 4.61. The second-order valence-corrected chi connectivity index (χ2v) is 9.03. The van der Waals surface area contributed by atoms with Gasteiger partial charge in [-0.25, -0.2) is 0 Å². The normalized spacial score (nSPS) is 11.1. The topological polar surface area (TPSA) is 16.6 Å². The van der Waals surface area contributed by atoms with Crippen LogP contribution in [0.3, 0.4) is 0 Å². The lowest BCUT2D eigenvalue weighted by molar-refractivity contribution is -0.665. The van der Waals surface area contributed by atoms with Crippen molar-refractivity contribution in [2.24, 2.45) is 0 Å². The second kappa shape index (κ2) is 27.2. The number of halogens is 1. The van der Waals surface area contributed by atoms with E-state index < -0.39 is 0 Å². The lowest BCUT2D eigenvalue weighted by Crippen LogP contribution is -3.00. The molecule has 0 rings (SSSR count). The van der Waals surface area contributed by atoms with E-state index in [9.17, 15) is 0 Å². The smallest absolute Gasteiger partial charge is 0.0857 e. The molecule has 0 amide bonds. The van der Waals surface area contributed by atoms with E-state index in [4.69, 9.17) is 0 Å². The van der Waals surface area contributed by atoms with Gasteiger partial charge < -0.3 is 17.7 Å². The Morgan fingerprint density at radius 2 is 0.679 bits per heavy atom. The first kappa shape index (κ1) is 30.4. The molecule has 0 bridgehead atoms. The Morgan fingerprint density at radius 3 is 0.929 bits per heavy atom. The van der Waals surface area contributed by atoms with E-state index in [0.29, 0.717) is 0 Å². The minimum Gasteiger partial charge on any atom is -1.00 e. The van der Waals surface area contributed by atoms with Gasteiger partial charge in [0, 0.05) is 0 Å². The summed E-state index contributed by atoms with van der Waals surface area (Å²) in [4.78, 5) is 0. The Balaban J connectivity index is 0. The van der Waals surface area contributed by atoms with Crippen LogP contribution in [0.1, 0.15) is 155 Å². The summed E-state index contributed by atoms with van der Waals surface area (Å²) < 4.78 is 0. The molecule has 2 N–H and O–H groups in total. The fourth-order valence-corrected chi connectivity index (χ4v) is 4.27. The Labute approximate surface area is 186 Å². The Bertz CT molecular complexity index is 233. The molecule has 0 saturated heterocycles. The summed E-state index contributed by atoms with van der Waals surface area (Å²) in [6.07, 6.45) is 32.1. The van der Waals surface area contributed by atoms with E-state index in [-0.39, 0.29) is 12.4 Å². The minimum atomic E-state index is 0. The predicted octanol–water partition coefficient (Wildman–Crippen LogP) is 5.17. The van der Waals surface area contributed by atoms with Crippen molar-refractivity contribution in [3.8, 4) is 0 Å². The van der Waals surface area contributed by atoms with Gasteiger partial charge in [-0.3, -0.25) is 0 Å². The molecule has 28 heavy (non-hydrogen) atoms. The van der Waals surface area contributed by atoms with E-state index in [1.807, 2.05) is 0 Å². The van der Waals surface area contributed by atoms with Gasteiger partial charge in [-0.05, 0) is 25.7 Å². The Kier molecular flexibility index (Phi) is 29.6. The van der Waals surface area contributed by atoms with Crippen LogP contribution in [0.2, 0.25) is 0 Å². The van der Waals surface area contributed by atoms with Crippen molar-refractivity contribution in [1.29, 1.82) is 0 Å². The fourth-order valence-electron chi connectivity index (χ4n) is 4.27. The third-order valence-corrected chi connectivity index (χ3v) is 6.33. The summed E-state index contributed by atoms with van der Waals surface area (Å²) in [5.41, 5.74) is 0. The van der Waals surface area contributed by atoms with Crippen LogP contribution in [-0.2, 0) is 0 Å². The van der Waals surface area contributed by atoms with Crippen molar-refractivity contribution < 1.29 is 17.7 Å². The molecule has 0 atom stereocenters. The molecule has 0 aromatic heterocycles. The summed E-state index contributed by atoms with van der Waals surface area (Å²) >= 11 is 0. The largest absolute Gasteiger partial charge is 1.00 e. The SMILES string of the molecule is CCCCCCCCCCCCC(CCCCCCCCCCCC)[NH2+]C.[Cl-]. The lowest BCUT2D eigenvalue weighted by atomic mass is 9.99. The third kappa shape index (κ3) is 24.3. The van der Waals surface area contributed by atoms with Crippen LogP contribution in [0.15, 0.2) is 0 Å². The highest BCUT2D eigenvalue weighted by atomic mass is 35.5. The van der Waals surface area contributed by atoms with E-state index in [0.717, 1.165) is 6.04 Å². The molecule has 0 saturated carbocycles. The Hall–Kier alpha value is 0.250. The van der Waals surface area contributed by atoms with Crippen LogP contribution in [-0.4, -0.2) is 13.1 Å². The van der Waals surface area contributed by atoms with Crippen molar-refractivity contribution in [2.45, 2.75) is 161 Å². The number of hydrogen-bond donors (Lipinski definition) is 1. The third-order valence-electron chi connectivity index (χ3n) is 6.33. The van der Waals surface area contributed by atoms with Gasteiger partial charge >= 0.3 is 0 Å². The summed E-state index contributed by atoms with van der Waals surface area (Å²) in [5.74, 6) is 0. The molecule has 0 spiro atoms. The maximum absolute atomic E-state index is 2.49. The first-order valence-electron chi connectivity index (χ1n) is 13.1. The number of nitrogens with two attached hydrogens (primary N) is 1. The van der Waals surface area contributed by atoms with E-state index in [1.165, 1.54) is 141 Å². The first-order valence-corrected chi connectivity index (χ1v) is 13.1. The van der Waals surface area contributed by atoms with Gasteiger partial charge in [0.25, 0.3) is 0 Å². The standard InChI is InChI=1S/C26H55N.ClH/c1-4-6-8-10-12-14-16-18-20-22-24-26(27-3)25-23-21-19-17-15-13-11-9-7-5-2;/h26-27H,4-25H2,1-3H3;1H. The molecule has 0 aliphatic heterocycles. The zero-order chi connectivity index (χ0) is 19.8. The van der Waals surface area contributed by atoms with Crippen molar-refractivity contribution in [3.63, 3.8) is 0 Å². The maximum atomic E-state index is 2.49. The van der Waals surface area contributed by atoms with E-state index >= 15 is 0 Å². The van der Waals surface area contributed by atoms with Gasteiger partial charge in [-0.1, -0.05) is 129 Å². The molecular weight excluding hydrogens is 362 g/mol. The maximum Gasteiger partial charge on any atom is 0.0857 e. The van der Waals surface area contributed by atoms with E-state index in [1.54, 1.807) is 0 Å². The summed E-state index contributed by atoms with van der Waals surface area (Å²) in [5, 5.41) is 2.49. The monoisotopic (exact) mass is 417 g/mol. The van der Waals surface area contributed by atoms with Crippen LogP contribution in [0, 0.1) is 0 Å². The van der Waals surface area contributed by atoms with Gasteiger partial charge in [0.2, 0.25) is 0 Å². The minimum absolute atomic E-state index is 0. The highest BCUT2D eigenvalue weighted by molar-refractivity contribution is 4.57. The van der Waals surface area contributed by atoms with Crippen molar-refractivity contribution in [3.05, 3.63) is 0 Å². The van der Waals surface area contributed by atoms with Crippen molar-refractivity contribution >= 4 is 0 Å². The fraction of sp³-hybridized carbons (Fsp3) is 1.00. The zero-order valence-corrected chi connectivity index (χ0v) is 20.8. The highest BCUT2D eigenvalue weighted by Crippen LogP contribution is 2.14. The van der Waals surface area contributed by atoms with Gasteiger partial charge in [-0.2, -0.15) is 0 Å². The van der Waals surface area contributed by atoms with Gasteiger partial charge in [-0.15, -0.1) is 0 Å². The van der Waals surface area contributed by atoms with Crippen LogP contribution < -0.4 is 17.7 Å². The number of rotatable bonds is 23. The molecule has 0 fully saturated rings. The molecule has 0 aromatic carbocycles. The van der Waals surface area contributed by atoms with Crippen LogP contribution in [0.5, 0.6) is 0 Å². The molecule has 0 heterocycles. The molecule has 0 aliphatic rings. The van der Waals surface area contributed by atoms with Crippen LogP contribution in [0.4, 0.5) is 0 Å². The van der Waals surface area contributed by atoms with Crippen molar-refractivity contribution in [1.82, 2.24) is 0 Å². The lowest BCUT2D eigenvalue weighted by Gasteiger charge is -2.13. The van der Waals surface area contributed by atoms with Crippen LogP contribution >= 0.6 is 0 Å². The van der Waals surface area contributed by atoms with Crippen molar-refractivity contribution in [2.75, 3.05) is 7.05 Å². The first-order chi connectivity index (χ1) is 13.3. The average Bonchev–Trinajstić information content (AvgIpc) is 2.69. The zero-order valence-electron chi connectivity index (χ0n) is 20.1. The molecule has 2 heteroatoms. The average molecular weight is 418 g/mol. The molecule has 0 aromatic rings. The quantitative estimate of drug-likeness (QED) is 0.221. The number of quaternary nitrogens is 1. The molecule has 1 nitrogen and oxygen atoms in total. The molecule has 0 unspecified atom stereocenters. The summed E-state index contributed by atoms with van der Waals surface area (Å²) in [6, 6.07) is 0.896. The predicted molar refractivity (Wildman–Crippen MR) is 125 cm³/mol. The Morgan fingerprint density at radius 1 is 0.429 bits per heavy atom. The summed E-state index contributed by atoms with van der Waals surface area (Å²) in [7, 11) is 2.29. The second-order valence-electron chi connectivity index (χ2n) is 9.03. The number of unbranched alkanes of at least 4 members (excludes halogenated alkanes) is 18. The van der Waals surface area contributed by atoms with Gasteiger partial charge in [0.1, 0.15) is 0 Å². The number of hydrogen-bond acceptors (Lipinski definition) is 0. The van der Waals surface area contributed by atoms with Gasteiger partial charge in [0.05, 0.1) is 13.1 Å². The van der Waals surface area contributed by atoms with Gasteiger partial charge in [0.15, 0.2) is 0 Å².